The van der Waals surface area contributed by atoms with Crippen molar-refractivity contribution in [2.75, 3.05) is 32.7 Å². The molecule has 1 aliphatic rings. The molecule has 102 valence electrons. The number of hydrogen-bond acceptors (Lipinski definition) is 3. The standard InChI is InChI=1S/C16H22N2O/c1-14(2)19-16-7-5-15(6-8-16)4-3-11-18-12-9-17-10-13-18/h5-8,14,17H,9-13H2,1-2H3. The van der Waals surface area contributed by atoms with Crippen molar-refractivity contribution < 1.29 is 4.74 Å². The Morgan fingerprint density at radius 2 is 1.89 bits per heavy atom. The van der Waals surface area contributed by atoms with Crippen LogP contribution < -0.4 is 10.1 Å². The molecular formula is C16H22N2O. The summed E-state index contributed by atoms with van der Waals surface area (Å²) in [5.41, 5.74) is 1.05. The molecule has 0 saturated carbocycles. The second-order valence-corrected chi connectivity index (χ2v) is 5.02. The fourth-order valence-corrected chi connectivity index (χ4v) is 2.01. The van der Waals surface area contributed by atoms with E-state index in [1.54, 1.807) is 0 Å². The van der Waals surface area contributed by atoms with Crippen LogP contribution in [0.15, 0.2) is 24.3 Å². The summed E-state index contributed by atoms with van der Waals surface area (Å²) in [6, 6.07) is 7.99. The van der Waals surface area contributed by atoms with Gasteiger partial charge < -0.3 is 10.1 Å². The molecule has 2 rings (SSSR count). The van der Waals surface area contributed by atoms with Gasteiger partial charge in [-0.1, -0.05) is 11.8 Å². The first-order valence-corrected chi connectivity index (χ1v) is 6.93. The lowest BCUT2D eigenvalue weighted by Crippen LogP contribution is -2.43. The van der Waals surface area contributed by atoms with Gasteiger partial charge in [0.05, 0.1) is 12.6 Å². The van der Waals surface area contributed by atoms with E-state index in [0.717, 1.165) is 44.0 Å². The highest BCUT2D eigenvalue weighted by Gasteiger charge is 2.06. The summed E-state index contributed by atoms with van der Waals surface area (Å²) < 4.78 is 5.61. The van der Waals surface area contributed by atoms with Crippen LogP contribution in [0.3, 0.4) is 0 Å². The summed E-state index contributed by atoms with van der Waals surface area (Å²) in [6.45, 7) is 9.24. The fraction of sp³-hybridized carbons (Fsp3) is 0.500. The van der Waals surface area contributed by atoms with E-state index >= 15 is 0 Å². The van der Waals surface area contributed by atoms with E-state index in [2.05, 4.69) is 22.1 Å². The third-order valence-electron chi connectivity index (χ3n) is 2.97. The highest BCUT2D eigenvalue weighted by molar-refractivity contribution is 5.38. The van der Waals surface area contributed by atoms with Crippen LogP contribution in [0.5, 0.6) is 5.75 Å². The summed E-state index contributed by atoms with van der Waals surface area (Å²) in [6.07, 6.45) is 0.213. The molecule has 1 heterocycles. The van der Waals surface area contributed by atoms with Crippen LogP contribution in [-0.4, -0.2) is 43.7 Å². The monoisotopic (exact) mass is 258 g/mol. The van der Waals surface area contributed by atoms with Crippen molar-refractivity contribution in [1.29, 1.82) is 0 Å². The van der Waals surface area contributed by atoms with E-state index < -0.39 is 0 Å². The molecule has 0 unspecified atom stereocenters. The average molecular weight is 258 g/mol. The van der Waals surface area contributed by atoms with Crippen LogP contribution in [-0.2, 0) is 0 Å². The molecule has 0 atom stereocenters. The Balaban J connectivity index is 1.85. The van der Waals surface area contributed by atoms with Gasteiger partial charge >= 0.3 is 0 Å². The first-order chi connectivity index (χ1) is 9.24. The lowest BCUT2D eigenvalue weighted by Gasteiger charge is -2.24. The molecule has 1 saturated heterocycles. The summed E-state index contributed by atoms with van der Waals surface area (Å²) in [5, 5.41) is 3.34. The van der Waals surface area contributed by atoms with Crippen molar-refractivity contribution in [2.24, 2.45) is 0 Å². The zero-order valence-corrected chi connectivity index (χ0v) is 11.8. The molecule has 19 heavy (non-hydrogen) atoms. The molecule has 0 radical (unpaired) electrons. The van der Waals surface area contributed by atoms with E-state index in [-0.39, 0.29) is 6.10 Å². The lowest BCUT2D eigenvalue weighted by atomic mass is 10.2. The third kappa shape index (κ3) is 4.94. The van der Waals surface area contributed by atoms with Crippen molar-refractivity contribution in [3.05, 3.63) is 29.8 Å². The van der Waals surface area contributed by atoms with E-state index in [9.17, 15) is 0 Å². The van der Waals surface area contributed by atoms with Crippen LogP contribution >= 0.6 is 0 Å². The molecule has 0 aromatic heterocycles. The van der Waals surface area contributed by atoms with Gasteiger partial charge in [-0.25, -0.2) is 0 Å². The van der Waals surface area contributed by atoms with Gasteiger partial charge in [-0.15, -0.1) is 0 Å². The number of nitrogens with zero attached hydrogens (tertiary/aromatic N) is 1. The summed E-state index contributed by atoms with van der Waals surface area (Å²) >= 11 is 0. The largest absolute Gasteiger partial charge is 0.491 e. The first kappa shape index (κ1) is 13.9. The van der Waals surface area contributed by atoms with E-state index in [4.69, 9.17) is 4.74 Å². The average Bonchev–Trinajstić information content (AvgIpc) is 2.41. The Kier molecular flexibility index (Phi) is 5.26. The fourth-order valence-electron chi connectivity index (χ4n) is 2.01. The van der Waals surface area contributed by atoms with Crippen molar-refractivity contribution in [1.82, 2.24) is 10.2 Å². The molecule has 0 bridgehead atoms. The summed E-state index contributed by atoms with van der Waals surface area (Å²) in [5.74, 6) is 7.35. The normalized spacial score (nSPS) is 15.9. The van der Waals surface area contributed by atoms with Crippen molar-refractivity contribution >= 4 is 0 Å². The maximum atomic E-state index is 5.61. The van der Waals surface area contributed by atoms with Crippen molar-refractivity contribution in [2.45, 2.75) is 20.0 Å². The van der Waals surface area contributed by atoms with Gasteiger partial charge in [-0.05, 0) is 38.1 Å². The molecule has 1 aromatic rings. The summed E-state index contributed by atoms with van der Waals surface area (Å²) in [7, 11) is 0. The Labute approximate surface area is 115 Å². The minimum Gasteiger partial charge on any atom is -0.491 e. The Morgan fingerprint density at radius 1 is 1.21 bits per heavy atom. The Hall–Kier alpha value is -1.50. The minimum atomic E-state index is 0.213. The molecule has 1 N–H and O–H groups in total. The van der Waals surface area contributed by atoms with Crippen LogP contribution in [0.2, 0.25) is 0 Å². The number of benzene rings is 1. The number of nitrogens with one attached hydrogen (secondary N) is 1. The second-order valence-electron chi connectivity index (χ2n) is 5.02. The van der Waals surface area contributed by atoms with Gasteiger partial charge in [0.1, 0.15) is 5.75 Å². The lowest BCUT2D eigenvalue weighted by molar-refractivity contribution is 0.242. The quantitative estimate of drug-likeness (QED) is 0.836. The number of piperazine rings is 1. The maximum absolute atomic E-state index is 5.61. The Morgan fingerprint density at radius 3 is 2.53 bits per heavy atom. The number of ether oxygens (including phenoxy) is 1. The van der Waals surface area contributed by atoms with Gasteiger partial charge in [0.25, 0.3) is 0 Å². The van der Waals surface area contributed by atoms with Crippen LogP contribution in [0.4, 0.5) is 0 Å². The number of hydrogen-bond donors (Lipinski definition) is 1. The van der Waals surface area contributed by atoms with E-state index in [1.807, 2.05) is 38.1 Å². The SMILES string of the molecule is CC(C)Oc1ccc(C#CCN2CCNCC2)cc1. The molecule has 1 fully saturated rings. The van der Waals surface area contributed by atoms with E-state index in [0.29, 0.717) is 0 Å². The predicted octanol–water partition coefficient (Wildman–Crippen LogP) is 1.73. The topological polar surface area (TPSA) is 24.5 Å². The molecule has 0 amide bonds. The van der Waals surface area contributed by atoms with Gasteiger partial charge in [0.2, 0.25) is 0 Å². The summed E-state index contributed by atoms with van der Waals surface area (Å²) in [4.78, 5) is 2.37. The molecule has 0 spiro atoms. The van der Waals surface area contributed by atoms with E-state index in [1.165, 1.54) is 0 Å². The maximum Gasteiger partial charge on any atom is 0.119 e. The first-order valence-electron chi connectivity index (χ1n) is 6.93. The number of rotatable bonds is 3. The third-order valence-corrected chi connectivity index (χ3v) is 2.97. The van der Waals surface area contributed by atoms with Crippen molar-refractivity contribution in [3.63, 3.8) is 0 Å². The highest BCUT2D eigenvalue weighted by atomic mass is 16.5. The smallest absolute Gasteiger partial charge is 0.119 e. The molecule has 1 aliphatic heterocycles. The van der Waals surface area contributed by atoms with Crippen LogP contribution in [0.1, 0.15) is 19.4 Å². The molecule has 3 nitrogen and oxygen atoms in total. The van der Waals surface area contributed by atoms with Crippen molar-refractivity contribution in [3.8, 4) is 17.6 Å². The Bertz CT molecular complexity index is 436. The van der Waals surface area contributed by atoms with Gasteiger partial charge in [0.15, 0.2) is 0 Å². The van der Waals surface area contributed by atoms with Gasteiger partial charge in [0, 0.05) is 31.7 Å². The zero-order valence-electron chi connectivity index (χ0n) is 11.8. The molecule has 1 aromatic carbocycles. The zero-order chi connectivity index (χ0) is 13.5. The predicted molar refractivity (Wildman–Crippen MR) is 78.4 cm³/mol. The van der Waals surface area contributed by atoms with Crippen LogP contribution in [0, 0.1) is 11.8 Å². The minimum absolute atomic E-state index is 0.213. The molecular weight excluding hydrogens is 236 g/mol. The van der Waals surface area contributed by atoms with Gasteiger partial charge in [-0.2, -0.15) is 0 Å². The molecule has 3 heteroatoms. The van der Waals surface area contributed by atoms with Gasteiger partial charge in [-0.3, -0.25) is 4.90 Å². The molecule has 0 aliphatic carbocycles. The second kappa shape index (κ2) is 7.18. The van der Waals surface area contributed by atoms with Crippen LogP contribution in [0.25, 0.3) is 0 Å². The highest BCUT2D eigenvalue weighted by Crippen LogP contribution is 2.13.